The molecule has 0 bridgehead atoms. The molecule has 0 aliphatic carbocycles. The van der Waals surface area contributed by atoms with Crippen molar-refractivity contribution in [2.75, 3.05) is 26.2 Å². The van der Waals surface area contributed by atoms with Crippen molar-refractivity contribution in [2.45, 2.75) is 52.4 Å². The van der Waals surface area contributed by atoms with Crippen molar-refractivity contribution in [3.63, 3.8) is 0 Å². The van der Waals surface area contributed by atoms with E-state index in [-0.39, 0.29) is 5.91 Å². The van der Waals surface area contributed by atoms with Crippen LogP contribution in [0, 0.1) is 5.92 Å². The number of rotatable bonds is 7. The Kier molecular flexibility index (Phi) is 7.25. The maximum absolute atomic E-state index is 11.6. The molecular formula is C14H28N2O. The van der Waals surface area contributed by atoms with E-state index in [4.69, 9.17) is 0 Å². The van der Waals surface area contributed by atoms with Crippen LogP contribution in [0.1, 0.15) is 52.4 Å². The first kappa shape index (κ1) is 14.5. The normalized spacial score (nSPS) is 21.4. The van der Waals surface area contributed by atoms with Crippen LogP contribution >= 0.6 is 0 Å². The summed E-state index contributed by atoms with van der Waals surface area (Å²) >= 11 is 0. The smallest absolute Gasteiger partial charge is 0.221 e. The summed E-state index contributed by atoms with van der Waals surface area (Å²) in [4.78, 5) is 14.0. The van der Waals surface area contributed by atoms with Crippen molar-refractivity contribution in [3.05, 3.63) is 0 Å². The van der Waals surface area contributed by atoms with Crippen molar-refractivity contribution in [1.29, 1.82) is 0 Å². The highest BCUT2D eigenvalue weighted by Crippen LogP contribution is 2.15. The summed E-state index contributed by atoms with van der Waals surface area (Å²) in [6.07, 6.45) is 6.84. The minimum Gasteiger partial charge on any atom is -0.356 e. The minimum atomic E-state index is 0.222. The molecule has 100 valence electrons. The second-order valence-electron chi connectivity index (χ2n) is 5.36. The molecule has 17 heavy (non-hydrogen) atoms. The fraction of sp³-hybridized carbons (Fsp3) is 0.929. The second kappa shape index (κ2) is 8.51. The van der Waals surface area contributed by atoms with Crippen LogP contribution in [-0.2, 0) is 4.79 Å². The molecule has 1 atom stereocenters. The van der Waals surface area contributed by atoms with E-state index in [9.17, 15) is 4.79 Å². The molecule has 1 amide bonds. The van der Waals surface area contributed by atoms with Crippen molar-refractivity contribution in [1.82, 2.24) is 10.2 Å². The Balaban J connectivity index is 2.02. The molecular weight excluding hydrogens is 212 g/mol. The number of nitrogens with one attached hydrogen (secondary N) is 1. The van der Waals surface area contributed by atoms with Gasteiger partial charge in [-0.3, -0.25) is 4.79 Å². The zero-order valence-electron chi connectivity index (χ0n) is 11.5. The zero-order valence-corrected chi connectivity index (χ0v) is 11.5. The van der Waals surface area contributed by atoms with Gasteiger partial charge in [0, 0.05) is 26.1 Å². The van der Waals surface area contributed by atoms with Crippen LogP contribution < -0.4 is 5.32 Å². The number of likely N-dealkylation sites (tertiary alicyclic amines) is 1. The lowest BCUT2D eigenvalue weighted by Crippen LogP contribution is -2.37. The third kappa shape index (κ3) is 6.67. The Morgan fingerprint density at radius 2 is 2.24 bits per heavy atom. The number of nitrogens with zero attached hydrogens (tertiary/aromatic N) is 1. The predicted molar refractivity (Wildman–Crippen MR) is 72.0 cm³/mol. The standard InChI is InChI=1S/C14H28N2O/c1-3-4-5-9-15-14(17)8-11-16-10-6-7-13(2)12-16/h13H,3-12H2,1-2H3,(H,15,17). The first-order chi connectivity index (χ1) is 8.22. The molecule has 1 N–H and O–H groups in total. The summed E-state index contributed by atoms with van der Waals surface area (Å²) in [5, 5.41) is 3.00. The highest BCUT2D eigenvalue weighted by atomic mass is 16.1. The van der Waals surface area contributed by atoms with Crippen LogP contribution in [0.4, 0.5) is 0 Å². The van der Waals surface area contributed by atoms with Crippen molar-refractivity contribution in [2.24, 2.45) is 5.92 Å². The second-order valence-corrected chi connectivity index (χ2v) is 5.36. The number of hydrogen-bond donors (Lipinski definition) is 1. The molecule has 1 saturated heterocycles. The van der Waals surface area contributed by atoms with Gasteiger partial charge < -0.3 is 10.2 Å². The number of carbonyl (C=O) groups excluding carboxylic acids is 1. The Morgan fingerprint density at radius 1 is 1.41 bits per heavy atom. The maximum Gasteiger partial charge on any atom is 0.221 e. The quantitative estimate of drug-likeness (QED) is 0.693. The molecule has 1 unspecified atom stereocenters. The van der Waals surface area contributed by atoms with Gasteiger partial charge in [0.1, 0.15) is 0 Å². The largest absolute Gasteiger partial charge is 0.356 e. The third-order valence-corrected chi connectivity index (χ3v) is 3.50. The van der Waals surface area contributed by atoms with Crippen LogP contribution in [0.25, 0.3) is 0 Å². The van der Waals surface area contributed by atoms with Crippen LogP contribution in [0.2, 0.25) is 0 Å². The van der Waals surface area contributed by atoms with E-state index < -0.39 is 0 Å². The highest BCUT2D eigenvalue weighted by Gasteiger charge is 2.16. The van der Waals surface area contributed by atoms with E-state index in [1.54, 1.807) is 0 Å². The molecule has 1 fully saturated rings. The SMILES string of the molecule is CCCCCNC(=O)CCN1CCCC(C)C1. The van der Waals surface area contributed by atoms with Gasteiger partial charge in [-0.25, -0.2) is 0 Å². The molecule has 1 rings (SSSR count). The molecule has 1 aliphatic heterocycles. The Labute approximate surface area is 106 Å². The molecule has 1 heterocycles. The minimum absolute atomic E-state index is 0.222. The molecule has 1 aliphatic rings. The number of amides is 1. The first-order valence-corrected chi connectivity index (χ1v) is 7.21. The van der Waals surface area contributed by atoms with Gasteiger partial charge in [-0.05, 0) is 31.7 Å². The van der Waals surface area contributed by atoms with Crippen LogP contribution in [0.3, 0.4) is 0 Å². The number of unbranched alkanes of at least 4 members (excludes halogenated alkanes) is 2. The summed E-state index contributed by atoms with van der Waals surface area (Å²) in [5.41, 5.74) is 0. The van der Waals surface area contributed by atoms with Gasteiger partial charge in [0.15, 0.2) is 0 Å². The van der Waals surface area contributed by atoms with E-state index in [1.807, 2.05) is 0 Å². The summed E-state index contributed by atoms with van der Waals surface area (Å²) in [6, 6.07) is 0. The first-order valence-electron chi connectivity index (χ1n) is 7.21. The van der Waals surface area contributed by atoms with E-state index in [0.717, 1.165) is 25.4 Å². The van der Waals surface area contributed by atoms with Crippen molar-refractivity contribution >= 4 is 5.91 Å². The van der Waals surface area contributed by atoms with Gasteiger partial charge in [-0.2, -0.15) is 0 Å². The predicted octanol–water partition coefficient (Wildman–Crippen LogP) is 2.41. The van der Waals surface area contributed by atoms with E-state index >= 15 is 0 Å². The van der Waals surface area contributed by atoms with E-state index in [0.29, 0.717) is 6.42 Å². The van der Waals surface area contributed by atoms with Crippen LogP contribution in [-0.4, -0.2) is 37.0 Å². The Morgan fingerprint density at radius 3 is 2.94 bits per heavy atom. The third-order valence-electron chi connectivity index (χ3n) is 3.50. The van der Waals surface area contributed by atoms with Gasteiger partial charge in [-0.15, -0.1) is 0 Å². The molecule has 0 saturated carbocycles. The van der Waals surface area contributed by atoms with Gasteiger partial charge in [0.05, 0.1) is 0 Å². The average Bonchev–Trinajstić information content (AvgIpc) is 2.32. The fourth-order valence-electron chi connectivity index (χ4n) is 2.44. The molecule has 0 radical (unpaired) electrons. The summed E-state index contributed by atoms with van der Waals surface area (Å²) < 4.78 is 0. The van der Waals surface area contributed by atoms with Crippen LogP contribution in [0.15, 0.2) is 0 Å². The monoisotopic (exact) mass is 240 g/mol. The lowest BCUT2D eigenvalue weighted by molar-refractivity contribution is -0.121. The molecule has 0 aromatic rings. The topological polar surface area (TPSA) is 32.3 Å². The van der Waals surface area contributed by atoms with Gasteiger partial charge in [0.2, 0.25) is 5.91 Å². The molecule has 3 nitrogen and oxygen atoms in total. The summed E-state index contributed by atoms with van der Waals surface area (Å²) in [5.74, 6) is 1.02. The van der Waals surface area contributed by atoms with Crippen molar-refractivity contribution < 1.29 is 4.79 Å². The molecule has 0 aromatic heterocycles. The molecule has 0 spiro atoms. The maximum atomic E-state index is 11.6. The van der Waals surface area contributed by atoms with Crippen LogP contribution in [0.5, 0.6) is 0 Å². The fourth-order valence-corrected chi connectivity index (χ4v) is 2.44. The highest BCUT2D eigenvalue weighted by molar-refractivity contribution is 5.75. The zero-order chi connectivity index (χ0) is 12.5. The van der Waals surface area contributed by atoms with E-state index in [1.165, 1.54) is 38.8 Å². The summed E-state index contributed by atoms with van der Waals surface area (Å²) in [6.45, 7) is 8.61. The molecule has 3 heteroatoms. The Bertz CT molecular complexity index is 218. The average molecular weight is 240 g/mol. The Hall–Kier alpha value is -0.570. The lowest BCUT2D eigenvalue weighted by atomic mass is 10.0. The van der Waals surface area contributed by atoms with Gasteiger partial charge >= 0.3 is 0 Å². The number of hydrogen-bond acceptors (Lipinski definition) is 2. The van der Waals surface area contributed by atoms with Crippen molar-refractivity contribution in [3.8, 4) is 0 Å². The number of piperidine rings is 1. The van der Waals surface area contributed by atoms with Gasteiger partial charge in [0.25, 0.3) is 0 Å². The number of carbonyl (C=O) groups is 1. The molecule has 0 aromatic carbocycles. The van der Waals surface area contributed by atoms with E-state index in [2.05, 4.69) is 24.1 Å². The lowest BCUT2D eigenvalue weighted by Gasteiger charge is -2.30. The van der Waals surface area contributed by atoms with Gasteiger partial charge in [-0.1, -0.05) is 26.7 Å². The summed E-state index contributed by atoms with van der Waals surface area (Å²) in [7, 11) is 0.